The first-order chi connectivity index (χ1) is 11.2. The predicted octanol–water partition coefficient (Wildman–Crippen LogP) is 4.46. The highest BCUT2D eigenvalue weighted by Gasteiger charge is 2.13. The summed E-state index contributed by atoms with van der Waals surface area (Å²) < 4.78 is 11.2. The fourth-order valence-corrected chi connectivity index (χ4v) is 2.68. The van der Waals surface area contributed by atoms with Gasteiger partial charge < -0.3 is 14.2 Å². The Morgan fingerprint density at radius 1 is 0.957 bits per heavy atom. The monoisotopic (exact) mass is 305 g/mol. The van der Waals surface area contributed by atoms with E-state index in [4.69, 9.17) is 8.83 Å². The minimum atomic E-state index is -0.382. The first-order valence-electron chi connectivity index (χ1n) is 7.45. The maximum absolute atomic E-state index is 12.1. The van der Waals surface area contributed by atoms with Crippen molar-refractivity contribution in [3.05, 3.63) is 76.1 Å². The van der Waals surface area contributed by atoms with Crippen molar-refractivity contribution < 1.29 is 8.83 Å². The zero-order valence-corrected chi connectivity index (χ0v) is 12.6. The standard InChI is InChI=1S/C19H15NO3/c1-12-7-8-16-14(9-12)18-15(19(21)22-16)10-17(23-18)20-11-13-5-3-2-4-6-13/h2-10,20H,11H2,1H3. The fourth-order valence-electron chi connectivity index (χ4n) is 2.68. The van der Waals surface area contributed by atoms with E-state index in [2.05, 4.69) is 5.32 Å². The Hall–Kier alpha value is -3.01. The minimum Gasteiger partial charge on any atom is -0.440 e. The van der Waals surface area contributed by atoms with E-state index in [9.17, 15) is 4.79 Å². The third-order valence-electron chi connectivity index (χ3n) is 3.84. The Morgan fingerprint density at radius 2 is 1.78 bits per heavy atom. The van der Waals surface area contributed by atoms with Crippen LogP contribution in [-0.4, -0.2) is 0 Å². The number of furan rings is 1. The van der Waals surface area contributed by atoms with Gasteiger partial charge in [-0.2, -0.15) is 0 Å². The molecule has 4 rings (SSSR count). The van der Waals surface area contributed by atoms with Crippen LogP contribution in [0.25, 0.3) is 21.9 Å². The Morgan fingerprint density at radius 3 is 2.61 bits per heavy atom. The molecule has 4 heteroatoms. The van der Waals surface area contributed by atoms with Gasteiger partial charge in [-0.15, -0.1) is 0 Å². The zero-order chi connectivity index (χ0) is 15.8. The highest BCUT2D eigenvalue weighted by molar-refractivity contribution is 6.01. The Kier molecular flexibility index (Phi) is 3.15. The summed E-state index contributed by atoms with van der Waals surface area (Å²) in [6, 6.07) is 17.4. The van der Waals surface area contributed by atoms with E-state index >= 15 is 0 Å². The molecule has 0 atom stereocenters. The predicted molar refractivity (Wildman–Crippen MR) is 90.8 cm³/mol. The Balaban J connectivity index is 1.78. The van der Waals surface area contributed by atoms with Crippen molar-refractivity contribution in [1.29, 1.82) is 0 Å². The van der Waals surface area contributed by atoms with Crippen molar-refractivity contribution in [3.63, 3.8) is 0 Å². The Bertz CT molecular complexity index is 1040. The van der Waals surface area contributed by atoms with Crippen molar-refractivity contribution in [3.8, 4) is 0 Å². The highest BCUT2D eigenvalue weighted by atomic mass is 16.4. The second-order valence-corrected chi connectivity index (χ2v) is 5.58. The lowest BCUT2D eigenvalue weighted by Crippen LogP contribution is -1.98. The lowest BCUT2D eigenvalue weighted by Gasteiger charge is -2.02. The first kappa shape index (κ1) is 13.6. The van der Waals surface area contributed by atoms with Crippen molar-refractivity contribution in [2.45, 2.75) is 13.5 Å². The molecule has 0 amide bonds. The number of rotatable bonds is 3. The van der Waals surface area contributed by atoms with Crippen molar-refractivity contribution in [1.82, 2.24) is 0 Å². The number of anilines is 1. The van der Waals surface area contributed by atoms with Crippen LogP contribution in [0.2, 0.25) is 0 Å². The van der Waals surface area contributed by atoms with Crippen LogP contribution in [0.1, 0.15) is 11.1 Å². The van der Waals surface area contributed by atoms with Gasteiger partial charge in [0.05, 0.1) is 5.39 Å². The highest BCUT2D eigenvalue weighted by Crippen LogP contribution is 2.28. The van der Waals surface area contributed by atoms with Gasteiger partial charge >= 0.3 is 5.63 Å². The lowest BCUT2D eigenvalue weighted by atomic mass is 10.1. The number of nitrogens with one attached hydrogen (secondary N) is 1. The lowest BCUT2D eigenvalue weighted by molar-refractivity contribution is 0.565. The summed E-state index contributed by atoms with van der Waals surface area (Å²) in [5.74, 6) is 0.560. The molecule has 0 aliphatic rings. The van der Waals surface area contributed by atoms with Gasteiger partial charge in [0.2, 0.25) is 0 Å². The number of hydrogen-bond donors (Lipinski definition) is 1. The summed E-state index contributed by atoms with van der Waals surface area (Å²) in [4.78, 5) is 12.1. The molecule has 0 spiro atoms. The summed E-state index contributed by atoms with van der Waals surface area (Å²) in [6.07, 6.45) is 0. The molecule has 4 nitrogen and oxygen atoms in total. The molecule has 0 fully saturated rings. The summed E-state index contributed by atoms with van der Waals surface area (Å²) in [5, 5.41) is 4.48. The van der Waals surface area contributed by atoms with E-state index in [0.717, 1.165) is 16.5 Å². The van der Waals surface area contributed by atoms with Crippen molar-refractivity contribution in [2.75, 3.05) is 5.32 Å². The van der Waals surface area contributed by atoms with Gasteiger partial charge in [-0.1, -0.05) is 42.0 Å². The largest absolute Gasteiger partial charge is 0.440 e. The third-order valence-corrected chi connectivity index (χ3v) is 3.84. The molecular formula is C19H15NO3. The Labute approximate surface area is 132 Å². The number of benzene rings is 2. The molecule has 2 aromatic carbocycles. The molecule has 0 unspecified atom stereocenters. The molecule has 0 bridgehead atoms. The van der Waals surface area contributed by atoms with Crippen LogP contribution in [0.15, 0.2) is 68.2 Å². The SMILES string of the molecule is Cc1ccc2oc(=O)c3cc(NCc4ccccc4)oc3c2c1. The zero-order valence-electron chi connectivity index (χ0n) is 12.6. The fraction of sp³-hybridized carbons (Fsp3) is 0.105. The second kappa shape index (κ2) is 5.32. The van der Waals surface area contributed by atoms with E-state index < -0.39 is 0 Å². The molecule has 4 aromatic rings. The van der Waals surface area contributed by atoms with Gasteiger partial charge in [0.1, 0.15) is 11.0 Å². The smallest absolute Gasteiger partial charge is 0.347 e. The molecular weight excluding hydrogens is 290 g/mol. The van der Waals surface area contributed by atoms with Crippen LogP contribution in [0.5, 0.6) is 0 Å². The molecule has 0 radical (unpaired) electrons. The molecule has 0 saturated carbocycles. The molecule has 23 heavy (non-hydrogen) atoms. The average Bonchev–Trinajstić information content (AvgIpc) is 3.00. The van der Waals surface area contributed by atoms with Crippen molar-refractivity contribution >= 4 is 27.8 Å². The van der Waals surface area contributed by atoms with Gasteiger partial charge in [0.15, 0.2) is 11.5 Å². The normalized spacial score (nSPS) is 11.2. The number of fused-ring (bicyclic) bond motifs is 3. The third kappa shape index (κ3) is 2.48. The van der Waals surface area contributed by atoms with Crippen molar-refractivity contribution in [2.24, 2.45) is 0 Å². The molecule has 0 saturated heterocycles. The minimum absolute atomic E-state index is 0.382. The van der Waals surface area contributed by atoms with E-state index in [1.807, 2.05) is 49.4 Å². The molecule has 0 aliphatic carbocycles. The molecule has 1 N–H and O–H groups in total. The van der Waals surface area contributed by atoms with Gasteiger partial charge in [-0.25, -0.2) is 4.79 Å². The van der Waals surface area contributed by atoms with E-state index in [1.54, 1.807) is 12.1 Å². The van der Waals surface area contributed by atoms with Crippen LogP contribution >= 0.6 is 0 Å². The van der Waals surface area contributed by atoms with Crippen LogP contribution in [0.3, 0.4) is 0 Å². The molecule has 114 valence electrons. The summed E-state index contributed by atoms with van der Waals surface area (Å²) in [6.45, 7) is 2.62. The molecule has 2 heterocycles. The van der Waals surface area contributed by atoms with E-state index in [-0.39, 0.29) is 5.63 Å². The average molecular weight is 305 g/mol. The topological polar surface area (TPSA) is 55.4 Å². The first-order valence-corrected chi connectivity index (χ1v) is 7.45. The molecule has 0 aliphatic heterocycles. The maximum atomic E-state index is 12.1. The summed E-state index contributed by atoms with van der Waals surface area (Å²) in [7, 11) is 0. The van der Waals surface area contributed by atoms with Gasteiger partial charge in [-0.3, -0.25) is 0 Å². The summed E-state index contributed by atoms with van der Waals surface area (Å²) in [5.41, 5.74) is 2.95. The maximum Gasteiger partial charge on any atom is 0.347 e. The van der Waals surface area contributed by atoms with Crippen LogP contribution in [-0.2, 0) is 6.54 Å². The quantitative estimate of drug-likeness (QED) is 0.568. The van der Waals surface area contributed by atoms with Crippen LogP contribution in [0, 0.1) is 6.92 Å². The number of aryl methyl sites for hydroxylation is 1. The van der Waals surface area contributed by atoms with E-state index in [0.29, 0.717) is 29.0 Å². The van der Waals surface area contributed by atoms with Gasteiger partial charge in [0.25, 0.3) is 0 Å². The number of hydrogen-bond acceptors (Lipinski definition) is 4. The van der Waals surface area contributed by atoms with Crippen LogP contribution < -0.4 is 10.9 Å². The van der Waals surface area contributed by atoms with Crippen LogP contribution in [0.4, 0.5) is 5.88 Å². The molecule has 2 aromatic heterocycles. The van der Waals surface area contributed by atoms with Gasteiger partial charge in [0, 0.05) is 12.6 Å². The summed E-state index contributed by atoms with van der Waals surface area (Å²) >= 11 is 0. The van der Waals surface area contributed by atoms with Gasteiger partial charge in [-0.05, 0) is 24.6 Å². The van der Waals surface area contributed by atoms with E-state index in [1.165, 1.54) is 0 Å². The second-order valence-electron chi connectivity index (χ2n) is 5.58.